The van der Waals surface area contributed by atoms with Crippen molar-refractivity contribution in [3.8, 4) is 0 Å². The van der Waals surface area contributed by atoms with Gasteiger partial charge in [0.2, 0.25) is 17.7 Å². The van der Waals surface area contributed by atoms with Gasteiger partial charge >= 0.3 is 0 Å². The lowest BCUT2D eigenvalue weighted by Gasteiger charge is -2.29. The molecule has 3 fully saturated rings. The molecule has 1 heterocycles. The van der Waals surface area contributed by atoms with Gasteiger partial charge in [-0.2, -0.15) is 0 Å². The summed E-state index contributed by atoms with van der Waals surface area (Å²) < 4.78 is 0. The summed E-state index contributed by atoms with van der Waals surface area (Å²) in [5.74, 6) is 1.23. The van der Waals surface area contributed by atoms with Gasteiger partial charge in [0.25, 0.3) is 0 Å². The maximum absolute atomic E-state index is 12.1. The first-order chi connectivity index (χ1) is 9.95. The van der Waals surface area contributed by atoms with Gasteiger partial charge in [0.1, 0.15) is 6.54 Å². The van der Waals surface area contributed by atoms with Gasteiger partial charge in [-0.25, -0.2) is 0 Å². The van der Waals surface area contributed by atoms with Crippen molar-refractivity contribution in [3.63, 3.8) is 0 Å². The highest BCUT2D eigenvalue weighted by molar-refractivity contribution is 6.05. The molecule has 5 nitrogen and oxygen atoms in total. The Balaban J connectivity index is 1.52. The highest BCUT2D eigenvalue weighted by Crippen LogP contribution is 2.49. The van der Waals surface area contributed by atoms with Crippen LogP contribution in [0.3, 0.4) is 0 Å². The first-order valence-corrected chi connectivity index (χ1v) is 8.09. The van der Waals surface area contributed by atoms with E-state index in [1.165, 1.54) is 25.7 Å². The number of amides is 3. The third-order valence-corrected chi connectivity index (χ3v) is 5.59. The number of fused-ring (bicyclic) bond motifs is 2. The lowest BCUT2D eigenvalue weighted by atomic mass is 9.84. The van der Waals surface area contributed by atoms with E-state index in [1.54, 1.807) is 6.92 Å². The number of hydrogen-bond donors (Lipinski definition) is 1. The Bertz CT molecular complexity index is 476. The molecule has 116 valence electrons. The van der Waals surface area contributed by atoms with Crippen LogP contribution in [-0.4, -0.2) is 35.2 Å². The quantitative estimate of drug-likeness (QED) is 0.795. The monoisotopic (exact) mass is 292 g/mol. The summed E-state index contributed by atoms with van der Waals surface area (Å²) in [5.41, 5.74) is 0. The molecule has 2 saturated carbocycles. The Morgan fingerprint density at radius 2 is 2.10 bits per heavy atom. The molecule has 3 aliphatic rings. The second-order valence-electron chi connectivity index (χ2n) is 7.12. The van der Waals surface area contributed by atoms with Gasteiger partial charge in [-0.3, -0.25) is 19.3 Å². The highest BCUT2D eigenvalue weighted by Gasteiger charge is 2.42. The van der Waals surface area contributed by atoms with Crippen LogP contribution in [-0.2, 0) is 14.4 Å². The Kier molecular flexibility index (Phi) is 3.76. The second kappa shape index (κ2) is 5.43. The zero-order chi connectivity index (χ0) is 15.1. The number of imide groups is 1. The molecule has 21 heavy (non-hydrogen) atoms. The number of hydrogen-bond acceptors (Lipinski definition) is 3. The normalized spacial score (nSPS) is 36.4. The van der Waals surface area contributed by atoms with Crippen LogP contribution in [0.15, 0.2) is 0 Å². The van der Waals surface area contributed by atoms with Crippen molar-refractivity contribution in [2.24, 2.45) is 23.7 Å². The summed E-state index contributed by atoms with van der Waals surface area (Å²) in [6.45, 7) is 3.67. The van der Waals surface area contributed by atoms with Crippen molar-refractivity contribution in [2.75, 3.05) is 6.54 Å². The molecular weight excluding hydrogens is 268 g/mol. The Hall–Kier alpha value is -1.39. The standard InChI is InChI=1S/C16H24N2O3/c1-9-5-15(20)18(16(9)21)8-14(19)17-10(2)13-7-11-3-4-12(13)6-11/h9-13H,3-8H2,1-2H3,(H,17,19)/t9-,10+,11+,12+,13-/m1/s1. The number of nitrogens with one attached hydrogen (secondary N) is 1. The van der Waals surface area contributed by atoms with Crippen molar-refractivity contribution < 1.29 is 14.4 Å². The SMILES string of the molecule is C[C@@H]1CC(=O)N(CC(=O)N[C@@H](C)[C@H]2C[C@H]3CC[C@H]2C3)C1=O. The molecule has 5 heteroatoms. The molecular formula is C16H24N2O3. The molecule has 0 aromatic heterocycles. The van der Waals surface area contributed by atoms with Crippen molar-refractivity contribution >= 4 is 17.7 Å². The molecule has 5 atom stereocenters. The van der Waals surface area contributed by atoms with E-state index in [1.807, 2.05) is 0 Å². The number of carbonyl (C=O) groups is 3. The maximum Gasteiger partial charge on any atom is 0.240 e. The van der Waals surface area contributed by atoms with E-state index < -0.39 is 0 Å². The first kappa shape index (κ1) is 14.5. The number of nitrogens with zero attached hydrogens (tertiary/aromatic N) is 1. The lowest BCUT2D eigenvalue weighted by molar-refractivity contribution is -0.143. The Labute approximate surface area is 125 Å². The highest BCUT2D eigenvalue weighted by atomic mass is 16.2. The van der Waals surface area contributed by atoms with Crippen molar-refractivity contribution in [1.29, 1.82) is 0 Å². The summed E-state index contributed by atoms with van der Waals surface area (Å²) in [6.07, 6.45) is 5.39. The molecule has 3 rings (SSSR count). The van der Waals surface area contributed by atoms with Crippen LogP contribution in [0.25, 0.3) is 0 Å². The van der Waals surface area contributed by atoms with E-state index in [2.05, 4.69) is 12.2 Å². The fourth-order valence-corrected chi connectivity index (χ4v) is 4.47. The van der Waals surface area contributed by atoms with Crippen LogP contribution in [0.5, 0.6) is 0 Å². The van der Waals surface area contributed by atoms with Gasteiger partial charge in [0.15, 0.2) is 0 Å². The average molecular weight is 292 g/mol. The minimum Gasteiger partial charge on any atom is -0.352 e. The fourth-order valence-electron chi connectivity index (χ4n) is 4.47. The largest absolute Gasteiger partial charge is 0.352 e. The molecule has 1 saturated heterocycles. The minimum absolute atomic E-state index is 0.118. The van der Waals surface area contributed by atoms with Gasteiger partial charge in [-0.05, 0) is 43.9 Å². The zero-order valence-electron chi connectivity index (χ0n) is 12.8. The Morgan fingerprint density at radius 3 is 2.62 bits per heavy atom. The van der Waals surface area contributed by atoms with Gasteiger partial charge < -0.3 is 5.32 Å². The van der Waals surface area contributed by atoms with Crippen molar-refractivity contribution in [3.05, 3.63) is 0 Å². The van der Waals surface area contributed by atoms with Crippen molar-refractivity contribution in [2.45, 2.75) is 52.0 Å². The molecule has 0 aromatic carbocycles. The van der Waals surface area contributed by atoms with Crippen LogP contribution in [0.4, 0.5) is 0 Å². The lowest BCUT2D eigenvalue weighted by Crippen LogP contribution is -2.46. The number of likely N-dealkylation sites (tertiary alicyclic amines) is 1. The molecule has 1 aliphatic heterocycles. The number of carbonyl (C=O) groups excluding carboxylic acids is 3. The van der Waals surface area contributed by atoms with E-state index in [-0.39, 0.29) is 42.6 Å². The van der Waals surface area contributed by atoms with Crippen LogP contribution in [0.2, 0.25) is 0 Å². The molecule has 0 radical (unpaired) electrons. The molecule has 2 aliphatic carbocycles. The summed E-state index contributed by atoms with van der Waals surface area (Å²) >= 11 is 0. The predicted molar refractivity (Wildman–Crippen MR) is 77.0 cm³/mol. The van der Waals surface area contributed by atoms with E-state index in [9.17, 15) is 14.4 Å². The predicted octanol–water partition coefficient (Wildman–Crippen LogP) is 1.32. The minimum atomic E-state index is -0.284. The second-order valence-corrected chi connectivity index (χ2v) is 7.12. The van der Waals surface area contributed by atoms with Crippen LogP contribution in [0.1, 0.15) is 46.0 Å². The van der Waals surface area contributed by atoms with Crippen molar-refractivity contribution in [1.82, 2.24) is 10.2 Å². The third-order valence-electron chi connectivity index (χ3n) is 5.59. The van der Waals surface area contributed by atoms with E-state index in [4.69, 9.17) is 0 Å². The smallest absolute Gasteiger partial charge is 0.240 e. The van der Waals surface area contributed by atoms with Crippen LogP contribution < -0.4 is 5.32 Å². The topological polar surface area (TPSA) is 66.5 Å². The first-order valence-electron chi connectivity index (χ1n) is 8.09. The molecule has 1 N–H and O–H groups in total. The zero-order valence-corrected chi connectivity index (χ0v) is 12.8. The molecule has 2 bridgehead atoms. The summed E-state index contributed by atoms with van der Waals surface area (Å²) in [7, 11) is 0. The third kappa shape index (κ3) is 2.70. The van der Waals surface area contributed by atoms with E-state index in [0.29, 0.717) is 5.92 Å². The van der Waals surface area contributed by atoms with E-state index in [0.717, 1.165) is 16.7 Å². The molecule has 0 aromatic rings. The molecule has 3 amide bonds. The van der Waals surface area contributed by atoms with Gasteiger partial charge in [0.05, 0.1) is 0 Å². The van der Waals surface area contributed by atoms with E-state index >= 15 is 0 Å². The summed E-state index contributed by atoms with van der Waals surface area (Å²) in [5, 5.41) is 3.00. The van der Waals surface area contributed by atoms with Gasteiger partial charge in [-0.1, -0.05) is 13.3 Å². The average Bonchev–Trinajstić information content (AvgIpc) is 3.10. The maximum atomic E-state index is 12.1. The van der Waals surface area contributed by atoms with Crippen LogP contribution >= 0.6 is 0 Å². The van der Waals surface area contributed by atoms with Gasteiger partial charge in [0, 0.05) is 18.4 Å². The van der Waals surface area contributed by atoms with Crippen LogP contribution in [0, 0.1) is 23.7 Å². The summed E-state index contributed by atoms with van der Waals surface area (Å²) in [6, 6.07) is 0.137. The molecule has 0 unspecified atom stereocenters. The number of rotatable bonds is 4. The molecule has 0 spiro atoms. The fraction of sp³-hybridized carbons (Fsp3) is 0.812. The van der Waals surface area contributed by atoms with Gasteiger partial charge in [-0.15, -0.1) is 0 Å². The Morgan fingerprint density at radius 1 is 1.33 bits per heavy atom. The summed E-state index contributed by atoms with van der Waals surface area (Å²) in [4.78, 5) is 36.7.